The second-order valence-electron chi connectivity index (χ2n) is 11.4. The Morgan fingerprint density at radius 1 is 1.00 bits per heavy atom. The van der Waals surface area contributed by atoms with Crippen molar-refractivity contribution >= 4 is 34.3 Å². The van der Waals surface area contributed by atoms with Crippen LogP contribution in [-0.2, 0) is 16.1 Å². The van der Waals surface area contributed by atoms with Gasteiger partial charge in [0.25, 0.3) is 5.56 Å². The third-order valence-electron chi connectivity index (χ3n) is 8.40. The van der Waals surface area contributed by atoms with Crippen molar-refractivity contribution in [2.75, 3.05) is 7.11 Å². The van der Waals surface area contributed by atoms with Gasteiger partial charge in [-0.15, -0.1) is 0 Å². The molecule has 43 heavy (non-hydrogen) atoms. The second-order valence-corrected chi connectivity index (χ2v) is 12.4. The Kier molecular flexibility index (Phi) is 7.52. The normalized spacial score (nSPS) is 15.2. The molecule has 0 aliphatic carbocycles. The molecule has 218 valence electrons. The van der Waals surface area contributed by atoms with Crippen LogP contribution in [0, 0.1) is 13.8 Å². The first-order valence-corrected chi connectivity index (χ1v) is 15.3. The van der Waals surface area contributed by atoms with Gasteiger partial charge in [-0.2, -0.15) is 0 Å². The van der Waals surface area contributed by atoms with Gasteiger partial charge < -0.3 is 9.30 Å². The molecule has 0 amide bonds. The van der Waals surface area contributed by atoms with Gasteiger partial charge in [-0.05, 0) is 55.0 Å². The van der Waals surface area contributed by atoms with Gasteiger partial charge in [-0.25, -0.2) is 9.79 Å². The maximum absolute atomic E-state index is 14.3. The summed E-state index contributed by atoms with van der Waals surface area (Å²) in [5.41, 5.74) is 8.46. The molecular weight excluding hydrogens is 554 g/mol. The van der Waals surface area contributed by atoms with E-state index >= 15 is 0 Å². The summed E-state index contributed by atoms with van der Waals surface area (Å²) in [5.74, 6) is -0.118. The lowest BCUT2D eigenvalue weighted by Gasteiger charge is -2.24. The topological polar surface area (TPSA) is 65.6 Å². The lowest BCUT2D eigenvalue weighted by molar-refractivity contribution is -0.136. The largest absolute Gasteiger partial charge is 0.466 e. The zero-order chi connectivity index (χ0) is 30.4. The number of nitrogens with zero attached hydrogens (tertiary/aromatic N) is 3. The van der Waals surface area contributed by atoms with Gasteiger partial charge >= 0.3 is 5.97 Å². The number of carbonyl (C=O) groups is 1. The van der Waals surface area contributed by atoms with E-state index in [9.17, 15) is 9.59 Å². The Labute approximate surface area is 254 Å². The van der Waals surface area contributed by atoms with Gasteiger partial charge in [0.1, 0.15) is 0 Å². The molecule has 0 saturated carbocycles. The summed E-state index contributed by atoms with van der Waals surface area (Å²) in [6.45, 7) is 11.1. The smallest absolute Gasteiger partial charge is 0.338 e. The highest BCUT2D eigenvalue weighted by atomic mass is 32.1. The van der Waals surface area contributed by atoms with Gasteiger partial charge in [0, 0.05) is 23.2 Å². The first kappa shape index (κ1) is 28.6. The minimum absolute atomic E-state index is 0.174. The standard InChI is InChI=1S/C36H35N3O3S/c1-21(2)26-15-17-27(18-16-26)33-31(35(41)42-6)23(4)37-36-39(33)34(40)30(43-36)19-29-24(5)38(20-25-12-8-7-9-13-25)32-22(3)11-10-14-28(29)32/h7-19,21,33H,20H2,1-6H3/b30-19-/t33-/m0/s1. The van der Waals surface area contributed by atoms with Crippen LogP contribution in [0.25, 0.3) is 17.0 Å². The average molecular weight is 590 g/mol. The summed E-state index contributed by atoms with van der Waals surface area (Å²) in [4.78, 5) is 32.6. The molecule has 7 heteroatoms. The number of thiazole rings is 1. The minimum atomic E-state index is -0.630. The first-order valence-electron chi connectivity index (χ1n) is 14.5. The number of esters is 1. The van der Waals surface area contributed by atoms with Crippen LogP contribution in [0.3, 0.4) is 0 Å². The lowest BCUT2D eigenvalue weighted by atomic mass is 9.93. The molecule has 1 atom stereocenters. The van der Waals surface area contributed by atoms with E-state index < -0.39 is 12.0 Å². The highest BCUT2D eigenvalue weighted by Crippen LogP contribution is 2.32. The molecule has 0 N–H and O–H groups in total. The van der Waals surface area contributed by atoms with Crippen molar-refractivity contribution in [1.29, 1.82) is 0 Å². The quantitative estimate of drug-likeness (QED) is 0.223. The fourth-order valence-electron chi connectivity index (χ4n) is 6.09. The lowest BCUT2D eigenvalue weighted by Crippen LogP contribution is -2.39. The van der Waals surface area contributed by atoms with E-state index in [1.54, 1.807) is 4.57 Å². The summed E-state index contributed by atoms with van der Waals surface area (Å²) >= 11 is 1.36. The molecule has 3 heterocycles. The monoisotopic (exact) mass is 589 g/mol. The van der Waals surface area contributed by atoms with Crippen LogP contribution < -0.4 is 14.9 Å². The fourth-order valence-corrected chi connectivity index (χ4v) is 7.12. The summed E-state index contributed by atoms with van der Waals surface area (Å²) in [5, 5.41) is 1.10. The van der Waals surface area contributed by atoms with Gasteiger partial charge in [0.15, 0.2) is 4.80 Å². The summed E-state index contributed by atoms with van der Waals surface area (Å²) < 4.78 is 9.74. The van der Waals surface area contributed by atoms with Gasteiger partial charge in [-0.1, -0.05) is 98.0 Å². The van der Waals surface area contributed by atoms with Crippen molar-refractivity contribution in [3.05, 3.63) is 137 Å². The van der Waals surface area contributed by atoms with Crippen molar-refractivity contribution in [2.24, 2.45) is 4.99 Å². The number of hydrogen-bond donors (Lipinski definition) is 0. The number of ether oxygens (including phenoxy) is 1. The molecule has 1 aliphatic heterocycles. The molecule has 6 nitrogen and oxygen atoms in total. The molecule has 0 radical (unpaired) electrons. The molecule has 2 aromatic heterocycles. The number of fused-ring (bicyclic) bond motifs is 2. The van der Waals surface area contributed by atoms with Crippen molar-refractivity contribution in [1.82, 2.24) is 9.13 Å². The molecular formula is C36H35N3O3S. The van der Waals surface area contributed by atoms with Crippen LogP contribution in [-0.4, -0.2) is 22.2 Å². The third-order valence-corrected chi connectivity index (χ3v) is 9.38. The van der Waals surface area contributed by atoms with E-state index in [1.807, 2.05) is 31.2 Å². The van der Waals surface area contributed by atoms with E-state index in [0.717, 1.165) is 34.3 Å². The van der Waals surface area contributed by atoms with Crippen LogP contribution in [0.15, 0.2) is 93.9 Å². The predicted octanol–water partition coefficient (Wildman–Crippen LogP) is 6.15. The Morgan fingerprint density at radius 2 is 1.72 bits per heavy atom. The zero-order valence-electron chi connectivity index (χ0n) is 25.3. The molecule has 0 fully saturated rings. The molecule has 0 unspecified atom stereocenters. The number of rotatable bonds is 6. The van der Waals surface area contributed by atoms with E-state index in [-0.39, 0.29) is 5.56 Å². The summed E-state index contributed by atoms with van der Waals surface area (Å²) in [7, 11) is 1.36. The number of aromatic nitrogens is 2. The van der Waals surface area contributed by atoms with Crippen molar-refractivity contribution in [2.45, 2.75) is 53.1 Å². The molecule has 5 aromatic rings. The van der Waals surface area contributed by atoms with Crippen LogP contribution in [0.5, 0.6) is 0 Å². The average Bonchev–Trinajstić information content (AvgIpc) is 3.45. The molecule has 3 aromatic carbocycles. The number of benzene rings is 3. The molecule has 1 aliphatic rings. The van der Waals surface area contributed by atoms with Crippen molar-refractivity contribution in [3.63, 3.8) is 0 Å². The number of methoxy groups -OCH3 is 1. The Morgan fingerprint density at radius 3 is 2.40 bits per heavy atom. The number of allylic oxidation sites excluding steroid dienone is 1. The van der Waals surface area contributed by atoms with E-state index in [0.29, 0.717) is 26.5 Å². The second kappa shape index (κ2) is 11.3. The fraction of sp³-hybridized carbons (Fsp3) is 0.250. The molecule has 0 spiro atoms. The van der Waals surface area contributed by atoms with Crippen LogP contribution in [0.4, 0.5) is 0 Å². The Hall–Kier alpha value is -4.49. The van der Waals surface area contributed by atoms with Crippen molar-refractivity contribution < 1.29 is 9.53 Å². The SMILES string of the molecule is COC(=O)C1=C(C)N=c2s/c(=C\c3c(C)n(Cc4ccccc4)c4c(C)cccc34)c(=O)n2[C@H]1c1ccc(C(C)C)cc1. The number of carbonyl (C=O) groups excluding carboxylic acids is 1. The van der Waals surface area contributed by atoms with Crippen LogP contribution in [0.2, 0.25) is 0 Å². The predicted molar refractivity (Wildman–Crippen MR) is 173 cm³/mol. The van der Waals surface area contributed by atoms with Crippen LogP contribution in [0.1, 0.15) is 66.2 Å². The number of aryl methyl sites for hydroxylation is 1. The van der Waals surface area contributed by atoms with E-state index in [2.05, 4.69) is 86.9 Å². The Bertz CT molecular complexity index is 2080. The number of para-hydroxylation sites is 1. The highest BCUT2D eigenvalue weighted by Gasteiger charge is 2.33. The maximum atomic E-state index is 14.3. The van der Waals surface area contributed by atoms with E-state index in [1.165, 1.54) is 35.1 Å². The van der Waals surface area contributed by atoms with E-state index in [4.69, 9.17) is 9.73 Å². The third kappa shape index (κ3) is 4.97. The van der Waals surface area contributed by atoms with Gasteiger partial charge in [-0.3, -0.25) is 9.36 Å². The Balaban J connectivity index is 1.56. The molecule has 0 saturated heterocycles. The molecule has 6 rings (SSSR count). The van der Waals surface area contributed by atoms with Gasteiger partial charge in [0.2, 0.25) is 0 Å². The first-order chi connectivity index (χ1) is 20.7. The molecule has 0 bridgehead atoms. The minimum Gasteiger partial charge on any atom is -0.466 e. The van der Waals surface area contributed by atoms with Gasteiger partial charge in [0.05, 0.1) is 34.5 Å². The van der Waals surface area contributed by atoms with Crippen LogP contribution >= 0.6 is 11.3 Å². The summed E-state index contributed by atoms with van der Waals surface area (Å²) in [6, 6.07) is 24.2. The summed E-state index contributed by atoms with van der Waals surface area (Å²) in [6.07, 6.45) is 2.00. The zero-order valence-corrected chi connectivity index (χ0v) is 26.2. The van der Waals surface area contributed by atoms with Crippen molar-refractivity contribution in [3.8, 4) is 0 Å². The highest BCUT2D eigenvalue weighted by molar-refractivity contribution is 7.07. The maximum Gasteiger partial charge on any atom is 0.338 e. The number of hydrogen-bond acceptors (Lipinski definition) is 5.